The molecule has 26 heavy (non-hydrogen) atoms. The maximum atomic E-state index is 12.3. The van der Waals surface area contributed by atoms with Gasteiger partial charge in [-0.25, -0.2) is 0 Å². The predicted octanol–water partition coefficient (Wildman–Crippen LogP) is 5.19. The summed E-state index contributed by atoms with van der Waals surface area (Å²) >= 11 is 0. The lowest BCUT2D eigenvalue weighted by molar-refractivity contribution is -0.274. The first-order valence-electron chi connectivity index (χ1n) is 8.15. The molecule has 0 aliphatic heterocycles. The monoisotopic (exact) mass is 361 g/mol. The Bertz CT molecular complexity index is 892. The van der Waals surface area contributed by atoms with Crippen molar-refractivity contribution in [3.63, 3.8) is 0 Å². The molecule has 2 N–H and O–H groups in total. The van der Waals surface area contributed by atoms with Gasteiger partial charge in [0, 0.05) is 5.56 Å². The summed E-state index contributed by atoms with van der Waals surface area (Å²) in [7, 11) is 0. The zero-order valence-corrected chi connectivity index (χ0v) is 14.1. The van der Waals surface area contributed by atoms with E-state index in [4.69, 9.17) is 10.5 Å². The first kappa shape index (κ1) is 18.1. The van der Waals surface area contributed by atoms with Gasteiger partial charge in [0.15, 0.2) is 0 Å². The summed E-state index contributed by atoms with van der Waals surface area (Å²) in [5, 5.41) is 1.96. The summed E-state index contributed by atoms with van der Waals surface area (Å²) < 4.78 is 46.6. The molecule has 0 bridgehead atoms. The second-order valence-electron chi connectivity index (χ2n) is 5.73. The van der Waals surface area contributed by atoms with Gasteiger partial charge in [0.1, 0.15) is 11.5 Å². The van der Waals surface area contributed by atoms with E-state index >= 15 is 0 Å². The molecule has 3 rings (SSSR count). The van der Waals surface area contributed by atoms with E-state index < -0.39 is 12.4 Å². The van der Waals surface area contributed by atoms with Crippen molar-refractivity contribution in [3.05, 3.63) is 71.8 Å². The summed E-state index contributed by atoms with van der Waals surface area (Å²) in [6.07, 6.45) is -4.72. The van der Waals surface area contributed by atoms with Gasteiger partial charge in [0.05, 0.1) is 12.6 Å². The van der Waals surface area contributed by atoms with Crippen LogP contribution in [0.1, 0.15) is 24.1 Å². The molecule has 0 aliphatic rings. The van der Waals surface area contributed by atoms with Gasteiger partial charge in [-0.3, -0.25) is 0 Å². The van der Waals surface area contributed by atoms with Gasteiger partial charge in [-0.2, -0.15) is 0 Å². The first-order valence-corrected chi connectivity index (χ1v) is 8.15. The van der Waals surface area contributed by atoms with Gasteiger partial charge in [-0.15, -0.1) is 13.2 Å². The molecule has 136 valence electrons. The molecule has 3 aromatic rings. The van der Waals surface area contributed by atoms with E-state index in [2.05, 4.69) is 4.74 Å². The Morgan fingerprint density at radius 2 is 1.65 bits per heavy atom. The number of halogens is 3. The van der Waals surface area contributed by atoms with Crippen molar-refractivity contribution in [1.82, 2.24) is 0 Å². The van der Waals surface area contributed by atoms with E-state index in [9.17, 15) is 13.2 Å². The van der Waals surface area contributed by atoms with E-state index in [0.29, 0.717) is 17.9 Å². The third kappa shape index (κ3) is 3.91. The zero-order valence-electron chi connectivity index (χ0n) is 14.1. The van der Waals surface area contributed by atoms with Crippen molar-refractivity contribution < 1.29 is 22.6 Å². The molecule has 0 saturated heterocycles. The van der Waals surface area contributed by atoms with E-state index in [-0.39, 0.29) is 5.75 Å². The number of rotatable bonds is 5. The minimum absolute atomic E-state index is 0.281. The molecule has 0 unspecified atom stereocenters. The summed E-state index contributed by atoms with van der Waals surface area (Å²) in [5.74, 6) is 0.380. The summed E-state index contributed by atoms with van der Waals surface area (Å²) in [5.41, 5.74) is 7.91. The summed E-state index contributed by atoms with van der Waals surface area (Å²) in [6.45, 7) is 2.37. The van der Waals surface area contributed by atoms with Crippen LogP contribution in [-0.4, -0.2) is 13.0 Å². The summed E-state index contributed by atoms with van der Waals surface area (Å²) in [4.78, 5) is 0. The number of ether oxygens (including phenoxy) is 2. The Morgan fingerprint density at radius 1 is 0.962 bits per heavy atom. The van der Waals surface area contributed by atoms with Crippen LogP contribution < -0.4 is 15.2 Å². The van der Waals surface area contributed by atoms with Crippen LogP contribution in [0.15, 0.2) is 60.7 Å². The number of hydrogen-bond acceptors (Lipinski definition) is 3. The van der Waals surface area contributed by atoms with Gasteiger partial charge in [-0.1, -0.05) is 42.5 Å². The maximum absolute atomic E-state index is 12.3. The first-order chi connectivity index (χ1) is 12.4. The largest absolute Gasteiger partial charge is 0.573 e. The third-order valence-corrected chi connectivity index (χ3v) is 4.01. The average Bonchev–Trinajstić information content (AvgIpc) is 2.60. The predicted molar refractivity (Wildman–Crippen MR) is 94.3 cm³/mol. The summed E-state index contributed by atoms with van der Waals surface area (Å²) in [6, 6.07) is 16.6. The molecule has 3 nitrogen and oxygen atoms in total. The van der Waals surface area contributed by atoms with Crippen LogP contribution in [0.4, 0.5) is 13.2 Å². The number of benzene rings is 3. The average molecular weight is 361 g/mol. The molecular formula is C20H18F3NO2. The topological polar surface area (TPSA) is 44.5 Å². The van der Waals surface area contributed by atoms with Crippen LogP contribution in [0.3, 0.4) is 0 Å². The Labute approximate surface area is 149 Å². The molecule has 0 spiro atoms. The fourth-order valence-corrected chi connectivity index (χ4v) is 2.92. The van der Waals surface area contributed by atoms with Crippen molar-refractivity contribution in [3.8, 4) is 11.5 Å². The van der Waals surface area contributed by atoms with Crippen molar-refractivity contribution >= 4 is 10.8 Å². The van der Waals surface area contributed by atoms with E-state index in [1.807, 2.05) is 43.3 Å². The van der Waals surface area contributed by atoms with Crippen molar-refractivity contribution in [1.29, 1.82) is 0 Å². The van der Waals surface area contributed by atoms with E-state index in [1.165, 1.54) is 24.3 Å². The Kier molecular flexibility index (Phi) is 5.04. The minimum atomic E-state index is -4.72. The van der Waals surface area contributed by atoms with Gasteiger partial charge in [0.2, 0.25) is 0 Å². The minimum Gasteiger partial charge on any atom is -0.493 e. The Balaban J connectivity index is 2.01. The van der Waals surface area contributed by atoms with Gasteiger partial charge >= 0.3 is 6.36 Å². The molecule has 0 aliphatic carbocycles. The normalized spacial score (nSPS) is 12.8. The Hall–Kier alpha value is -2.73. The van der Waals surface area contributed by atoms with Crippen LogP contribution in [0.2, 0.25) is 0 Å². The van der Waals surface area contributed by atoms with Crippen LogP contribution in [-0.2, 0) is 0 Å². The second kappa shape index (κ2) is 7.25. The van der Waals surface area contributed by atoms with E-state index in [0.717, 1.165) is 16.3 Å². The lowest BCUT2D eigenvalue weighted by atomic mass is 9.93. The molecule has 0 heterocycles. The van der Waals surface area contributed by atoms with Crippen LogP contribution in [0.25, 0.3) is 10.8 Å². The van der Waals surface area contributed by atoms with E-state index in [1.54, 1.807) is 0 Å². The van der Waals surface area contributed by atoms with Crippen LogP contribution in [0, 0.1) is 0 Å². The quantitative estimate of drug-likeness (QED) is 0.681. The van der Waals surface area contributed by atoms with Gasteiger partial charge in [0.25, 0.3) is 0 Å². The number of hydrogen-bond donors (Lipinski definition) is 1. The molecule has 6 heteroatoms. The second-order valence-corrected chi connectivity index (χ2v) is 5.73. The lowest BCUT2D eigenvalue weighted by Crippen LogP contribution is -2.17. The lowest BCUT2D eigenvalue weighted by Gasteiger charge is -2.20. The smallest absolute Gasteiger partial charge is 0.493 e. The van der Waals surface area contributed by atoms with Crippen LogP contribution >= 0.6 is 0 Å². The number of nitrogens with two attached hydrogens (primary N) is 1. The number of alkyl halides is 3. The molecule has 1 atom stereocenters. The van der Waals surface area contributed by atoms with Crippen molar-refractivity contribution in [2.45, 2.75) is 19.3 Å². The van der Waals surface area contributed by atoms with Gasteiger partial charge in [-0.05, 0) is 41.5 Å². The van der Waals surface area contributed by atoms with Crippen molar-refractivity contribution in [2.24, 2.45) is 5.73 Å². The highest BCUT2D eigenvalue weighted by molar-refractivity contribution is 5.88. The SMILES string of the molecule is CCOc1ccc2ccccc2c1[C@H](N)c1ccc(OC(F)(F)F)cc1. The van der Waals surface area contributed by atoms with Gasteiger partial charge < -0.3 is 15.2 Å². The highest BCUT2D eigenvalue weighted by atomic mass is 19.4. The third-order valence-electron chi connectivity index (χ3n) is 4.01. The van der Waals surface area contributed by atoms with Crippen LogP contribution in [0.5, 0.6) is 11.5 Å². The fourth-order valence-electron chi connectivity index (χ4n) is 2.92. The molecular weight excluding hydrogens is 343 g/mol. The Morgan fingerprint density at radius 3 is 2.31 bits per heavy atom. The highest BCUT2D eigenvalue weighted by Gasteiger charge is 2.31. The fraction of sp³-hybridized carbons (Fsp3) is 0.200. The molecule has 0 saturated carbocycles. The molecule has 0 amide bonds. The number of fused-ring (bicyclic) bond motifs is 1. The standard InChI is InChI=1S/C20H18F3NO2/c1-2-25-17-12-9-13-5-3-4-6-16(13)18(17)19(24)14-7-10-15(11-8-14)26-20(21,22)23/h3-12,19H,2,24H2,1H3/t19-/m1/s1. The van der Waals surface area contributed by atoms with Crippen molar-refractivity contribution in [2.75, 3.05) is 6.61 Å². The molecule has 0 aromatic heterocycles. The zero-order chi connectivity index (χ0) is 18.7. The highest BCUT2D eigenvalue weighted by Crippen LogP contribution is 2.36. The molecule has 0 fully saturated rings. The molecule has 0 radical (unpaired) electrons. The molecule has 3 aromatic carbocycles. The maximum Gasteiger partial charge on any atom is 0.573 e.